The van der Waals surface area contributed by atoms with Crippen LogP contribution in [0.15, 0.2) is 78.9 Å². The summed E-state index contributed by atoms with van der Waals surface area (Å²) in [6, 6.07) is 24.4. The number of methoxy groups -OCH3 is 1. The van der Waals surface area contributed by atoms with Crippen LogP contribution in [0.5, 0.6) is 11.5 Å². The van der Waals surface area contributed by atoms with Crippen LogP contribution in [0.1, 0.15) is 0 Å². The summed E-state index contributed by atoms with van der Waals surface area (Å²) in [6.45, 7) is 0. The summed E-state index contributed by atoms with van der Waals surface area (Å²) >= 11 is 0. The first-order valence-corrected chi connectivity index (χ1v) is 8.47. The summed E-state index contributed by atoms with van der Waals surface area (Å²) in [7, 11) is 1.62. The minimum absolute atomic E-state index is 0.144. The first kappa shape index (κ1) is 16.7. The molecule has 134 valence electrons. The highest BCUT2D eigenvalue weighted by molar-refractivity contribution is 5.70. The fourth-order valence-corrected chi connectivity index (χ4v) is 2.89. The number of phenolic OH excluding ortho intramolecular Hbond substituents is 1. The van der Waals surface area contributed by atoms with E-state index in [1.165, 1.54) is 0 Å². The molecule has 0 aliphatic carbocycles. The molecular formula is C21H18N4O2. The van der Waals surface area contributed by atoms with Crippen molar-refractivity contribution in [3.8, 4) is 28.6 Å². The number of para-hydroxylation sites is 4. The third-order valence-corrected chi connectivity index (χ3v) is 4.18. The van der Waals surface area contributed by atoms with E-state index >= 15 is 0 Å². The standard InChI is InChI=1S/C21H18N4O2/c1-27-19-14-8-6-12-17(19)22-21-24-23-20(16-11-5-7-13-18(16)26)25(21)15-9-3-2-4-10-15/h2-14,26H,1H3,(H,22,24). The molecule has 3 aromatic carbocycles. The van der Waals surface area contributed by atoms with Crippen molar-refractivity contribution in [2.24, 2.45) is 0 Å². The summed E-state index contributed by atoms with van der Waals surface area (Å²) in [4.78, 5) is 0. The number of anilines is 2. The van der Waals surface area contributed by atoms with Gasteiger partial charge in [-0.3, -0.25) is 4.57 Å². The SMILES string of the molecule is COc1ccccc1Nc1nnc(-c2ccccc2O)n1-c1ccccc1. The average molecular weight is 358 g/mol. The molecule has 0 saturated carbocycles. The largest absolute Gasteiger partial charge is 0.507 e. The van der Waals surface area contributed by atoms with Gasteiger partial charge in [0.05, 0.1) is 24.0 Å². The van der Waals surface area contributed by atoms with Gasteiger partial charge < -0.3 is 15.2 Å². The van der Waals surface area contributed by atoms with Crippen molar-refractivity contribution in [2.75, 3.05) is 12.4 Å². The van der Waals surface area contributed by atoms with Crippen molar-refractivity contribution in [2.45, 2.75) is 0 Å². The quantitative estimate of drug-likeness (QED) is 0.553. The normalized spacial score (nSPS) is 10.6. The van der Waals surface area contributed by atoms with Crippen LogP contribution in [0.2, 0.25) is 0 Å². The average Bonchev–Trinajstić information content (AvgIpc) is 3.12. The number of aromatic nitrogens is 3. The Hall–Kier alpha value is -3.80. The lowest BCUT2D eigenvalue weighted by atomic mass is 10.2. The highest BCUT2D eigenvalue weighted by atomic mass is 16.5. The van der Waals surface area contributed by atoms with Crippen molar-refractivity contribution in [3.05, 3.63) is 78.9 Å². The van der Waals surface area contributed by atoms with Gasteiger partial charge in [-0.1, -0.05) is 42.5 Å². The topological polar surface area (TPSA) is 72.2 Å². The molecule has 0 amide bonds. The molecule has 1 aromatic heterocycles. The molecular weight excluding hydrogens is 340 g/mol. The van der Waals surface area contributed by atoms with Crippen LogP contribution in [0.4, 0.5) is 11.6 Å². The van der Waals surface area contributed by atoms with Crippen LogP contribution < -0.4 is 10.1 Å². The van der Waals surface area contributed by atoms with Gasteiger partial charge in [-0.2, -0.15) is 0 Å². The Morgan fingerprint density at radius 3 is 2.33 bits per heavy atom. The lowest BCUT2D eigenvalue weighted by Crippen LogP contribution is -2.04. The Morgan fingerprint density at radius 2 is 1.56 bits per heavy atom. The number of hydrogen-bond acceptors (Lipinski definition) is 5. The minimum atomic E-state index is 0.144. The maximum absolute atomic E-state index is 10.3. The Bertz CT molecular complexity index is 1060. The molecule has 2 N–H and O–H groups in total. The van der Waals surface area contributed by atoms with Crippen LogP contribution in [-0.2, 0) is 0 Å². The Balaban J connectivity index is 1.87. The van der Waals surface area contributed by atoms with E-state index < -0.39 is 0 Å². The van der Waals surface area contributed by atoms with Gasteiger partial charge >= 0.3 is 0 Å². The Labute approximate surface area is 156 Å². The van der Waals surface area contributed by atoms with Crippen LogP contribution in [0.25, 0.3) is 17.1 Å². The Morgan fingerprint density at radius 1 is 0.852 bits per heavy atom. The first-order valence-electron chi connectivity index (χ1n) is 8.47. The predicted octanol–water partition coefficient (Wildman–Crippen LogP) is 4.39. The molecule has 0 bridgehead atoms. The summed E-state index contributed by atoms with van der Waals surface area (Å²) < 4.78 is 7.28. The highest BCUT2D eigenvalue weighted by Crippen LogP contribution is 2.33. The maximum atomic E-state index is 10.3. The van der Waals surface area contributed by atoms with E-state index in [1.54, 1.807) is 19.2 Å². The molecule has 27 heavy (non-hydrogen) atoms. The molecule has 0 radical (unpaired) electrons. The second-order valence-corrected chi connectivity index (χ2v) is 5.86. The van der Waals surface area contributed by atoms with Gasteiger partial charge in [-0.25, -0.2) is 0 Å². The van der Waals surface area contributed by atoms with Crippen molar-refractivity contribution >= 4 is 11.6 Å². The summed E-state index contributed by atoms with van der Waals surface area (Å²) in [6.07, 6.45) is 0. The van der Waals surface area contributed by atoms with E-state index in [4.69, 9.17) is 4.74 Å². The lowest BCUT2D eigenvalue weighted by molar-refractivity contribution is 0.417. The van der Waals surface area contributed by atoms with Crippen molar-refractivity contribution < 1.29 is 9.84 Å². The smallest absolute Gasteiger partial charge is 0.234 e. The van der Waals surface area contributed by atoms with E-state index in [2.05, 4.69) is 15.5 Å². The van der Waals surface area contributed by atoms with Gasteiger partial charge in [0, 0.05) is 0 Å². The van der Waals surface area contributed by atoms with E-state index in [0.717, 1.165) is 11.4 Å². The second kappa shape index (κ2) is 7.21. The van der Waals surface area contributed by atoms with Gasteiger partial charge in [0.15, 0.2) is 5.82 Å². The fourth-order valence-electron chi connectivity index (χ4n) is 2.89. The minimum Gasteiger partial charge on any atom is -0.507 e. The number of nitrogens with one attached hydrogen (secondary N) is 1. The summed E-state index contributed by atoms with van der Waals surface area (Å²) in [5.74, 6) is 1.90. The molecule has 6 heteroatoms. The number of hydrogen-bond donors (Lipinski definition) is 2. The maximum Gasteiger partial charge on any atom is 0.234 e. The van der Waals surface area contributed by atoms with Gasteiger partial charge in [-0.05, 0) is 36.4 Å². The summed E-state index contributed by atoms with van der Waals surface area (Å²) in [5.41, 5.74) is 2.24. The molecule has 0 atom stereocenters. The van der Waals surface area contributed by atoms with Gasteiger partial charge in [0.1, 0.15) is 11.5 Å². The van der Waals surface area contributed by atoms with Gasteiger partial charge in [0.2, 0.25) is 5.95 Å². The molecule has 0 aliphatic heterocycles. The number of benzene rings is 3. The lowest BCUT2D eigenvalue weighted by Gasteiger charge is -2.14. The molecule has 1 heterocycles. The predicted molar refractivity (Wildman–Crippen MR) is 105 cm³/mol. The van der Waals surface area contributed by atoms with E-state index in [0.29, 0.717) is 23.1 Å². The summed E-state index contributed by atoms with van der Waals surface area (Å²) in [5, 5.41) is 22.2. The monoisotopic (exact) mass is 358 g/mol. The van der Waals surface area contributed by atoms with Crippen LogP contribution in [0, 0.1) is 0 Å². The van der Waals surface area contributed by atoms with Crippen molar-refractivity contribution in [3.63, 3.8) is 0 Å². The first-order chi connectivity index (χ1) is 13.3. The molecule has 0 spiro atoms. The van der Waals surface area contributed by atoms with E-state index in [-0.39, 0.29) is 5.75 Å². The zero-order chi connectivity index (χ0) is 18.6. The molecule has 0 fully saturated rings. The molecule has 0 saturated heterocycles. The second-order valence-electron chi connectivity index (χ2n) is 5.86. The van der Waals surface area contributed by atoms with E-state index in [1.807, 2.05) is 71.3 Å². The third kappa shape index (κ3) is 3.20. The zero-order valence-electron chi connectivity index (χ0n) is 14.7. The highest BCUT2D eigenvalue weighted by Gasteiger charge is 2.18. The number of nitrogens with zero attached hydrogens (tertiary/aromatic N) is 3. The van der Waals surface area contributed by atoms with E-state index in [9.17, 15) is 5.11 Å². The molecule has 4 rings (SSSR count). The van der Waals surface area contributed by atoms with Crippen LogP contribution in [0.3, 0.4) is 0 Å². The molecule has 0 unspecified atom stereocenters. The van der Waals surface area contributed by atoms with Crippen molar-refractivity contribution in [1.29, 1.82) is 0 Å². The fraction of sp³-hybridized carbons (Fsp3) is 0.0476. The Kier molecular flexibility index (Phi) is 4.45. The number of rotatable bonds is 5. The number of ether oxygens (including phenoxy) is 1. The van der Waals surface area contributed by atoms with Crippen LogP contribution in [-0.4, -0.2) is 27.0 Å². The molecule has 4 aromatic rings. The molecule has 6 nitrogen and oxygen atoms in total. The van der Waals surface area contributed by atoms with Gasteiger partial charge in [-0.15, -0.1) is 10.2 Å². The third-order valence-electron chi connectivity index (χ3n) is 4.18. The number of aromatic hydroxyl groups is 1. The molecule has 0 aliphatic rings. The van der Waals surface area contributed by atoms with Crippen LogP contribution >= 0.6 is 0 Å². The zero-order valence-corrected chi connectivity index (χ0v) is 14.7. The number of phenols is 1. The van der Waals surface area contributed by atoms with Crippen molar-refractivity contribution in [1.82, 2.24) is 14.8 Å². The van der Waals surface area contributed by atoms with Gasteiger partial charge in [0.25, 0.3) is 0 Å².